The van der Waals surface area contributed by atoms with Crippen molar-refractivity contribution in [2.24, 2.45) is 5.92 Å². The second kappa shape index (κ2) is 11.7. The molecule has 0 bridgehead atoms. The first-order valence-electron chi connectivity index (χ1n) is 12.8. The second-order valence-electron chi connectivity index (χ2n) is 10.1. The first-order valence-corrected chi connectivity index (χ1v) is 12.8. The van der Waals surface area contributed by atoms with Crippen LogP contribution >= 0.6 is 0 Å². The number of aromatic nitrogens is 2. The van der Waals surface area contributed by atoms with Gasteiger partial charge in [-0.15, -0.1) is 0 Å². The Labute approximate surface area is 231 Å². The number of amides is 1. The predicted molar refractivity (Wildman–Crippen MR) is 137 cm³/mol. The predicted octanol–water partition coefficient (Wildman–Crippen LogP) is 5.41. The highest BCUT2D eigenvalue weighted by molar-refractivity contribution is 6.05. The smallest absolute Gasteiger partial charge is 0.433 e. The molecular formula is C28H27F5N4O4. The molecule has 3 aromatic rings. The van der Waals surface area contributed by atoms with Crippen molar-refractivity contribution in [2.75, 3.05) is 12.3 Å². The molecule has 1 heterocycles. The maximum Gasteiger partial charge on any atom is 0.433 e. The summed E-state index contributed by atoms with van der Waals surface area (Å²) in [5.41, 5.74) is 4.43. The standard InChI is InChI=1S/C28H27F5N4O4/c1-15-2-7-23(34)21(8-15)24(38)14-36(13-16-9-18(29)11-19(30)10-16)26(39)22-12-35-37(25(22)28(31,32)33)20-5-3-17(4-6-20)27(40)41/h2,7-12,17,20H,3-6,13-14,34H2,1H3,(H,40,41). The number of carbonyl (C=O) groups is 3. The summed E-state index contributed by atoms with van der Waals surface area (Å²) in [5.74, 6) is -5.57. The van der Waals surface area contributed by atoms with Crippen LogP contribution in [0.25, 0.3) is 0 Å². The van der Waals surface area contributed by atoms with Crippen LogP contribution in [-0.4, -0.2) is 44.0 Å². The van der Waals surface area contributed by atoms with Gasteiger partial charge in [-0.2, -0.15) is 18.3 Å². The summed E-state index contributed by atoms with van der Waals surface area (Å²) < 4.78 is 71.6. The lowest BCUT2D eigenvalue weighted by Gasteiger charge is -2.28. The van der Waals surface area contributed by atoms with Gasteiger partial charge in [0.25, 0.3) is 5.91 Å². The van der Waals surface area contributed by atoms with Gasteiger partial charge in [-0.3, -0.25) is 19.1 Å². The molecule has 1 amide bonds. The van der Waals surface area contributed by atoms with Crippen LogP contribution in [0.3, 0.4) is 0 Å². The van der Waals surface area contributed by atoms with E-state index in [4.69, 9.17) is 5.73 Å². The number of hydrogen-bond acceptors (Lipinski definition) is 5. The third kappa shape index (κ3) is 6.72. The van der Waals surface area contributed by atoms with Gasteiger partial charge in [0.05, 0.1) is 30.3 Å². The Morgan fingerprint density at radius 3 is 2.24 bits per heavy atom. The monoisotopic (exact) mass is 578 g/mol. The number of carboxylic acids is 1. The molecule has 0 spiro atoms. The average molecular weight is 579 g/mol. The number of carbonyl (C=O) groups excluding carboxylic acids is 2. The molecule has 8 nitrogen and oxygen atoms in total. The molecule has 1 aliphatic rings. The highest BCUT2D eigenvalue weighted by Crippen LogP contribution is 2.39. The van der Waals surface area contributed by atoms with Gasteiger partial charge in [0.1, 0.15) is 11.6 Å². The minimum Gasteiger partial charge on any atom is -0.481 e. The normalized spacial score (nSPS) is 17.3. The van der Waals surface area contributed by atoms with Gasteiger partial charge >= 0.3 is 12.1 Å². The molecule has 0 saturated heterocycles. The van der Waals surface area contributed by atoms with Crippen LogP contribution < -0.4 is 5.73 Å². The summed E-state index contributed by atoms with van der Waals surface area (Å²) in [4.78, 5) is 38.9. The van der Waals surface area contributed by atoms with E-state index in [1.807, 2.05) is 0 Å². The number of ketones is 1. The molecule has 2 aromatic carbocycles. The highest BCUT2D eigenvalue weighted by Gasteiger charge is 2.43. The Morgan fingerprint density at radius 1 is 1.02 bits per heavy atom. The number of aliphatic carboxylic acids is 1. The maximum atomic E-state index is 14.4. The maximum absolute atomic E-state index is 14.4. The summed E-state index contributed by atoms with van der Waals surface area (Å²) in [6.07, 6.45) is -3.79. The van der Waals surface area contributed by atoms with Crippen molar-refractivity contribution in [1.29, 1.82) is 0 Å². The number of Topliss-reactive ketones (excluding diaryl/α,β-unsaturated/α-hetero) is 1. The molecule has 1 fully saturated rings. The van der Waals surface area contributed by atoms with E-state index in [-0.39, 0.29) is 42.5 Å². The fraction of sp³-hybridized carbons (Fsp3) is 0.357. The Bertz CT molecular complexity index is 1460. The lowest BCUT2D eigenvalue weighted by molar-refractivity contribution is -0.147. The van der Waals surface area contributed by atoms with Crippen LogP contribution in [0.1, 0.15) is 69.3 Å². The molecule has 0 unspecified atom stereocenters. The largest absolute Gasteiger partial charge is 0.481 e. The molecule has 0 aliphatic heterocycles. The molecular weight excluding hydrogens is 551 g/mol. The van der Waals surface area contributed by atoms with Crippen LogP contribution in [0.15, 0.2) is 42.6 Å². The first kappa shape index (κ1) is 29.7. The number of nitrogens with zero attached hydrogens (tertiary/aromatic N) is 3. The van der Waals surface area contributed by atoms with Gasteiger partial charge in [0.2, 0.25) is 0 Å². The number of anilines is 1. The number of halogens is 5. The third-order valence-corrected chi connectivity index (χ3v) is 7.11. The Morgan fingerprint density at radius 2 is 1.66 bits per heavy atom. The van der Waals surface area contributed by atoms with Crippen molar-refractivity contribution in [1.82, 2.24) is 14.7 Å². The number of aryl methyl sites for hydroxylation is 1. The average Bonchev–Trinajstić information content (AvgIpc) is 3.35. The van der Waals surface area contributed by atoms with E-state index in [0.29, 0.717) is 16.3 Å². The molecule has 218 valence electrons. The number of alkyl halides is 3. The van der Waals surface area contributed by atoms with Crippen molar-refractivity contribution < 1.29 is 41.4 Å². The van der Waals surface area contributed by atoms with E-state index in [1.165, 1.54) is 12.1 Å². The summed E-state index contributed by atoms with van der Waals surface area (Å²) >= 11 is 0. The van der Waals surface area contributed by atoms with Gasteiger partial charge < -0.3 is 15.7 Å². The van der Waals surface area contributed by atoms with Crippen molar-refractivity contribution in [3.8, 4) is 0 Å². The first-order chi connectivity index (χ1) is 19.2. The van der Waals surface area contributed by atoms with Crippen molar-refractivity contribution in [3.05, 3.63) is 82.2 Å². The molecule has 1 aromatic heterocycles. The van der Waals surface area contributed by atoms with Gasteiger partial charge in [-0.1, -0.05) is 11.6 Å². The Hall–Kier alpha value is -4.29. The third-order valence-electron chi connectivity index (χ3n) is 7.11. The number of benzene rings is 2. The molecule has 41 heavy (non-hydrogen) atoms. The van der Waals surface area contributed by atoms with Crippen LogP contribution in [0.2, 0.25) is 0 Å². The van der Waals surface area contributed by atoms with Crippen molar-refractivity contribution >= 4 is 23.3 Å². The van der Waals surface area contributed by atoms with Crippen LogP contribution in [0.4, 0.5) is 27.6 Å². The Kier molecular flexibility index (Phi) is 8.45. The topological polar surface area (TPSA) is 119 Å². The summed E-state index contributed by atoms with van der Waals surface area (Å²) in [6, 6.07) is 6.20. The van der Waals surface area contributed by atoms with E-state index < -0.39 is 71.8 Å². The summed E-state index contributed by atoms with van der Waals surface area (Å²) in [6.45, 7) is 0.372. The Balaban J connectivity index is 1.72. The summed E-state index contributed by atoms with van der Waals surface area (Å²) in [7, 11) is 0. The van der Waals surface area contributed by atoms with E-state index in [2.05, 4.69) is 5.10 Å². The molecule has 3 N–H and O–H groups in total. The minimum absolute atomic E-state index is 0.0372. The number of nitrogen functional groups attached to an aromatic ring is 1. The van der Waals surface area contributed by atoms with E-state index in [0.717, 1.165) is 23.2 Å². The van der Waals surface area contributed by atoms with Gasteiger partial charge in [0.15, 0.2) is 11.5 Å². The zero-order chi connectivity index (χ0) is 30.1. The van der Waals surface area contributed by atoms with Crippen LogP contribution in [0.5, 0.6) is 0 Å². The lowest BCUT2D eigenvalue weighted by Crippen LogP contribution is -2.37. The van der Waals surface area contributed by atoms with Crippen molar-refractivity contribution in [2.45, 2.75) is 51.4 Å². The number of hydrogen-bond donors (Lipinski definition) is 2. The fourth-order valence-corrected chi connectivity index (χ4v) is 5.11. The second-order valence-corrected chi connectivity index (χ2v) is 10.1. The van der Waals surface area contributed by atoms with E-state index in [9.17, 15) is 41.4 Å². The van der Waals surface area contributed by atoms with E-state index in [1.54, 1.807) is 13.0 Å². The van der Waals surface area contributed by atoms with Crippen molar-refractivity contribution in [3.63, 3.8) is 0 Å². The van der Waals surface area contributed by atoms with Crippen LogP contribution in [0, 0.1) is 24.5 Å². The molecule has 13 heteroatoms. The summed E-state index contributed by atoms with van der Waals surface area (Å²) in [5, 5.41) is 13.1. The van der Waals surface area contributed by atoms with Gasteiger partial charge in [-0.25, -0.2) is 8.78 Å². The quantitative estimate of drug-likeness (QED) is 0.210. The lowest BCUT2D eigenvalue weighted by atomic mass is 9.86. The molecule has 1 aliphatic carbocycles. The van der Waals surface area contributed by atoms with E-state index >= 15 is 0 Å². The zero-order valence-corrected chi connectivity index (χ0v) is 21.9. The molecule has 4 rings (SSSR count). The SMILES string of the molecule is Cc1ccc(N)c(C(=O)CN(Cc2cc(F)cc(F)c2)C(=O)c2cnn(C3CCC(C(=O)O)CC3)c2C(F)(F)F)c1. The number of nitrogens with two attached hydrogens (primary N) is 1. The molecule has 1 saturated carbocycles. The number of rotatable bonds is 8. The molecule has 0 atom stereocenters. The number of carboxylic acid groups (broad SMARTS) is 1. The van der Waals surface area contributed by atoms with Crippen LogP contribution in [-0.2, 0) is 17.5 Å². The fourth-order valence-electron chi connectivity index (χ4n) is 5.11. The highest BCUT2D eigenvalue weighted by atomic mass is 19.4. The van der Waals surface area contributed by atoms with Gasteiger partial charge in [-0.05, 0) is 62.4 Å². The zero-order valence-electron chi connectivity index (χ0n) is 21.9. The van der Waals surface area contributed by atoms with Gasteiger partial charge in [0, 0.05) is 23.9 Å². The molecule has 0 radical (unpaired) electrons. The minimum atomic E-state index is -5.03.